The molecule has 8 aromatic carbocycles. The highest BCUT2D eigenvalue weighted by molar-refractivity contribution is 5.74. The Morgan fingerprint density at radius 3 is 0.559 bits per heavy atom. The number of phenolic OH excluding ortho intramolecular Hbond substituents is 15. The van der Waals surface area contributed by atoms with Crippen LogP contribution in [0.3, 0.4) is 0 Å². The predicted molar refractivity (Wildman–Crippen MR) is 245 cm³/mol. The van der Waals surface area contributed by atoms with Gasteiger partial charge in [0, 0.05) is 68.2 Å². The summed E-state index contributed by atoms with van der Waals surface area (Å²) in [4.78, 5) is 0. The minimum atomic E-state index is -1.53. The third kappa shape index (κ3) is 7.00. The Kier molecular flexibility index (Phi) is 10.6. The van der Waals surface area contributed by atoms with E-state index in [9.17, 15) is 76.6 Å². The third-order valence-electron chi connectivity index (χ3n) is 12.8. The number of hydrogen-bond donors (Lipinski definition) is 15. The normalized spacial score (nSPS) is 16.6. The number of aryl methyl sites for hydroxylation is 1. The molecule has 2 unspecified atom stereocenters. The van der Waals surface area contributed by atoms with Crippen LogP contribution in [0.5, 0.6) is 86.2 Å². The molecule has 0 saturated heterocycles. The molecule has 9 rings (SSSR count). The molecular formula is C53H42O15. The van der Waals surface area contributed by atoms with E-state index in [2.05, 4.69) is 0 Å². The van der Waals surface area contributed by atoms with Crippen LogP contribution >= 0.6 is 0 Å². The van der Waals surface area contributed by atoms with Crippen LogP contribution in [0.1, 0.15) is 96.0 Å². The minimum Gasteiger partial charge on any atom is -0.508 e. The standard InChI is InChI=1S/C53H42O15/c1-22-2-4-23(5-3-22)38-30-18-32(44(59)50(65)42(30)57)39(24-6-12-27(54)13-7-24)34-20-36(48(63)52(67)46(34)61)41(26-10-16-29(56)17-11-26)37-21-35(47(62)53(68)49(37)64)40(25-8-14-28(55)15-9-25)33-19-31(38)43(58)51(66)45(33)60/h2-21,38-41,54-68H,1H3. The van der Waals surface area contributed by atoms with Gasteiger partial charge >= 0.3 is 0 Å². The second-order valence-corrected chi connectivity index (χ2v) is 16.8. The average Bonchev–Trinajstić information content (AvgIpc) is 3.32. The van der Waals surface area contributed by atoms with Crippen LogP contribution in [-0.4, -0.2) is 76.6 Å². The molecule has 15 N–H and O–H groups in total. The highest BCUT2D eigenvalue weighted by Crippen LogP contribution is 2.60. The van der Waals surface area contributed by atoms with Gasteiger partial charge in [0.05, 0.1) is 0 Å². The zero-order valence-electron chi connectivity index (χ0n) is 35.6. The summed E-state index contributed by atoms with van der Waals surface area (Å²) in [7, 11) is 0. The zero-order valence-corrected chi connectivity index (χ0v) is 35.6. The molecule has 0 amide bonds. The fourth-order valence-electron chi connectivity index (χ4n) is 9.39. The van der Waals surface area contributed by atoms with Crippen LogP contribution < -0.4 is 0 Å². The van der Waals surface area contributed by atoms with Gasteiger partial charge < -0.3 is 76.6 Å². The lowest BCUT2D eigenvalue weighted by Crippen LogP contribution is -2.13. The highest BCUT2D eigenvalue weighted by atomic mass is 16.3. The smallest absolute Gasteiger partial charge is 0.200 e. The second-order valence-electron chi connectivity index (χ2n) is 16.8. The maximum Gasteiger partial charge on any atom is 0.200 e. The lowest BCUT2D eigenvalue weighted by Gasteiger charge is -2.30. The van der Waals surface area contributed by atoms with E-state index in [0.717, 1.165) is 5.56 Å². The number of fused-ring (bicyclic) bond motifs is 8. The van der Waals surface area contributed by atoms with Crippen molar-refractivity contribution in [2.75, 3.05) is 0 Å². The molecule has 344 valence electrons. The van der Waals surface area contributed by atoms with E-state index in [1.54, 1.807) is 31.2 Å². The third-order valence-corrected chi connectivity index (χ3v) is 12.8. The van der Waals surface area contributed by atoms with Gasteiger partial charge in [-0.2, -0.15) is 0 Å². The molecule has 0 heterocycles. The molecule has 1 aliphatic carbocycles. The summed E-state index contributed by atoms with van der Waals surface area (Å²) in [5, 5.41) is 174. The predicted octanol–water partition coefficient (Wildman–Crippen LogP) is 8.61. The maximum atomic E-state index is 12.0. The number of hydrogen-bond acceptors (Lipinski definition) is 15. The molecule has 0 aromatic heterocycles. The van der Waals surface area contributed by atoms with Gasteiger partial charge in [-0.25, -0.2) is 0 Å². The van der Waals surface area contributed by atoms with Crippen molar-refractivity contribution in [3.05, 3.63) is 194 Å². The van der Waals surface area contributed by atoms with E-state index < -0.39 is 92.7 Å². The van der Waals surface area contributed by atoms with Crippen molar-refractivity contribution >= 4 is 0 Å². The zero-order chi connectivity index (χ0) is 48.6. The number of benzene rings is 8. The van der Waals surface area contributed by atoms with Crippen LogP contribution in [0.2, 0.25) is 0 Å². The van der Waals surface area contributed by atoms with Crippen molar-refractivity contribution in [2.24, 2.45) is 0 Å². The molecular weight excluding hydrogens is 877 g/mol. The van der Waals surface area contributed by atoms with Crippen LogP contribution in [-0.2, 0) is 0 Å². The molecule has 15 nitrogen and oxygen atoms in total. The Morgan fingerprint density at radius 2 is 0.382 bits per heavy atom. The summed E-state index contributed by atoms with van der Waals surface area (Å²) in [5.41, 5.74) is -0.589. The monoisotopic (exact) mass is 918 g/mol. The van der Waals surface area contributed by atoms with Crippen LogP contribution in [0, 0.1) is 6.92 Å². The van der Waals surface area contributed by atoms with Crippen LogP contribution in [0.4, 0.5) is 0 Å². The van der Waals surface area contributed by atoms with Gasteiger partial charge in [-0.3, -0.25) is 0 Å². The average molecular weight is 919 g/mol. The summed E-state index contributed by atoms with van der Waals surface area (Å²) >= 11 is 0. The SMILES string of the molecule is Cc1ccc(C2c3cc(c(O)c(O)c3O)C(c3ccc(O)cc3)c3cc(c(O)c(O)c3O)C(c3ccc(O)cc3)c3cc(c(O)c(O)c3O)C(c3ccc(O)cc3)c3cc2c(O)c(O)c3O)cc1. The van der Waals surface area contributed by atoms with E-state index in [0.29, 0.717) is 5.56 Å². The van der Waals surface area contributed by atoms with Crippen molar-refractivity contribution < 1.29 is 76.6 Å². The van der Waals surface area contributed by atoms with Gasteiger partial charge in [-0.05, 0) is 89.8 Å². The number of rotatable bonds is 4. The first-order valence-corrected chi connectivity index (χ1v) is 20.9. The molecule has 0 spiro atoms. The number of phenols is 15. The first-order valence-electron chi connectivity index (χ1n) is 20.9. The van der Waals surface area contributed by atoms with Crippen molar-refractivity contribution in [1.29, 1.82) is 0 Å². The molecule has 8 aromatic rings. The summed E-state index contributed by atoms with van der Waals surface area (Å²) in [5.74, 6) is -18.5. The molecule has 0 saturated carbocycles. The van der Waals surface area contributed by atoms with Gasteiger partial charge in [-0.1, -0.05) is 66.2 Å². The first kappa shape index (κ1) is 44.0. The lowest BCUT2D eigenvalue weighted by molar-refractivity contribution is 0.353. The van der Waals surface area contributed by atoms with Crippen molar-refractivity contribution in [1.82, 2.24) is 0 Å². The summed E-state index contributed by atoms with van der Waals surface area (Å²) in [6, 6.07) is 27.6. The summed E-state index contributed by atoms with van der Waals surface area (Å²) in [6.45, 7) is 1.80. The largest absolute Gasteiger partial charge is 0.508 e. The summed E-state index contributed by atoms with van der Waals surface area (Å²) in [6.07, 6.45) is 0. The molecule has 8 bridgehead atoms. The fraction of sp³-hybridized carbons (Fsp3) is 0.0943. The topological polar surface area (TPSA) is 303 Å². The molecule has 0 fully saturated rings. The Bertz CT molecular complexity index is 2740. The lowest BCUT2D eigenvalue weighted by atomic mass is 9.74. The maximum absolute atomic E-state index is 12.0. The number of aromatic hydroxyl groups is 15. The van der Waals surface area contributed by atoms with Crippen molar-refractivity contribution in [2.45, 2.75) is 30.6 Å². The van der Waals surface area contributed by atoms with Gasteiger partial charge in [0.15, 0.2) is 46.0 Å². The van der Waals surface area contributed by atoms with Crippen molar-refractivity contribution in [3.63, 3.8) is 0 Å². The quantitative estimate of drug-likeness (QED) is 0.0735. The molecule has 2 atom stereocenters. The molecule has 68 heavy (non-hydrogen) atoms. The van der Waals surface area contributed by atoms with Gasteiger partial charge in [0.2, 0.25) is 23.0 Å². The minimum absolute atomic E-state index is 0.157. The van der Waals surface area contributed by atoms with Gasteiger partial charge in [0.1, 0.15) is 17.2 Å². The van der Waals surface area contributed by atoms with E-state index in [4.69, 9.17) is 0 Å². The second kappa shape index (κ2) is 16.3. The highest BCUT2D eigenvalue weighted by Gasteiger charge is 2.39. The Labute approximate surface area is 386 Å². The van der Waals surface area contributed by atoms with Gasteiger partial charge in [-0.15, -0.1) is 0 Å². The fourth-order valence-corrected chi connectivity index (χ4v) is 9.39. The van der Waals surface area contributed by atoms with Gasteiger partial charge in [0.25, 0.3) is 0 Å². The molecule has 1 aliphatic rings. The summed E-state index contributed by atoms with van der Waals surface area (Å²) < 4.78 is 0. The van der Waals surface area contributed by atoms with E-state index >= 15 is 0 Å². The van der Waals surface area contributed by atoms with Crippen LogP contribution in [0.15, 0.2) is 121 Å². The van der Waals surface area contributed by atoms with Crippen LogP contribution in [0.25, 0.3) is 0 Å². The molecule has 0 radical (unpaired) electrons. The Balaban J connectivity index is 1.54. The molecule has 0 aliphatic heterocycles. The van der Waals surface area contributed by atoms with Crippen molar-refractivity contribution in [3.8, 4) is 86.2 Å². The van der Waals surface area contributed by atoms with E-state index in [1.165, 1.54) is 97.1 Å². The Morgan fingerprint density at radius 1 is 0.221 bits per heavy atom. The first-order chi connectivity index (χ1) is 32.4. The Hall–Kier alpha value is -9.24. The van der Waals surface area contributed by atoms with E-state index in [-0.39, 0.29) is 78.4 Å². The van der Waals surface area contributed by atoms with E-state index in [1.807, 2.05) is 0 Å². The molecule has 15 heteroatoms.